The minimum absolute atomic E-state index is 0.0214. The van der Waals surface area contributed by atoms with Crippen LogP contribution in [0, 0.1) is 0 Å². The number of carbonyl (C=O) groups is 2. The second-order valence-electron chi connectivity index (χ2n) is 15.4. The highest BCUT2D eigenvalue weighted by molar-refractivity contribution is 7.91. The van der Waals surface area contributed by atoms with E-state index in [1.807, 2.05) is 18.2 Å². The van der Waals surface area contributed by atoms with E-state index < -0.39 is 21.7 Å². The summed E-state index contributed by atoms with van der Waals surface area (Å²) in [6.45, 7) is 0. The van der Waals surface area contributed by atoms with Gasteiger partial charge in [-0.2, -0.15) is 0 Å². The van der Waals surface area contributed by atoms with Crippen LogP contribution in [0.1, 0.15) is 44.0 Å². The van der Waals surface area contributed by atoms with Crippen molar-refractivity contribution in [1.82, 2.24) is 19.9 Å². The summed E-state index contributed by atoms with van der Waals surface area (Å²) < 4.78 is 28.0. The van der Waals surface area contributed by atoms with Gasteiger partial charge in [-0.25, -0.2) is 28.4 Å². The van der Waals surface area contributed by atoms with Gasteiger partial charge in [0.15, 0.2) is 0 Å². The molecule has 0 saturated carbocycles. The van der Waals surface area contributed by atoms with Crippen LogP contribution >= 0.6 is 0 Å². The Labute approximate surface area is 348 Å². The maximum atomic E-state index is 14.0. The number of hydrogen-bond acceptors (Lipinski definition) is 8. The number of aryl methyl sites for hydroxylation is 1. The van der Waals surface area contributed by atoms with E-state index in [-0.39, 0.29) is 9.79 Å². The first kappa shape index (κ1) is 35.1. The van der Waals surface area contributed by atoms with E-state index in [0.29, 0.717) is 44.6 Å². The molecule has 10 nitrogen and oxygen atoms in total. The molecule has 0 spiro atoms. The number of sulfone groups is 1. The molecule has 0 unspecified atom stereocenters. The number of carbonyl (C=O) groups excluding carboxylic acids is 2. The van der Waals surface area contributed by atoms with Crippen molar-refractivity contribution >= 4 is 71.4 Å². The second kappa shape index (κ2) is 13.1. The van der Waals surface area contributed by atoms with Gasteiger partial charge in [0, 0.05) is 50.2 Å². The van der Waals surface area contributed by atoms with E-state index in [4.69, 9.17) is 19.9 Å². The fraction of sp³-hybridized carbons (Fsp3) is 0.0400. The molecule has 0 atom stereocenters. The molecule has 2 aromatic heterocycles. The highest BCUT2D eigenvalue weighted by Gasteiger charge is 2.31. The van der Waals surface area contributed by atoms with Crippen LogP contribution in [0.5, 0.6) is 0 Å². The van der Waals surface area contributed by atoms with Gasteiger partial charge >= 0.3 is 0 Å². The number of aromatic nitrogens is 4. The minimum atomic E-state index is -4.07. The third kappa shape index (κ3) is 5.51. The SMILES string of the molecule is O=C(Nc1cccc(S(=O)(=O)c2cccc(NC(=O)c3ccc4nc5c(nc4c3)-c3cccc4cccc-5c34)c2)c1)c1ccc2nc3c(nc2c1)C1=CCCc2cccc-3c21. The average Bonchev–Trinajstić information content (AvgIpc) is 3.77. The first-order chi connectivity index (χ1) is 29.8. The van der Waals surface area contributed by atoms with E-state index in [1.165, 1.54) is 35.4 Å². The standard InChI is InChI=1S/C50H30N6O4S/c57-49(29-19-21-39-41(23-29)55-47-37-17-3-9-27-7-1-15-35(43(27)37)45(47)53-39)51-31-11-5-13-33(25-31)61(59,60)34-14-6-12-32(26-34)52-50(58)30-20-22-40-42(24-30)56-48-38-18-4-10-28-8-2-16-36(44(28)38)46(48)54-40/h1-3,5-9,11-26H,4,10H2,(H,51,57)(H,52,58). The first-order valence-corrected chi connectivity index (χ1v) is 21.3. The van der Waals surface area contributed by atoms with E-state index in [1.54, 1.807) is 60.7 Å². The third-order valence-electron chi connectivity index (χ3n) is 11.8. The quantitative estimate of drug-likeness (QED) is 0.169. The zero-order chi connectivity index (χ0) is 41.0. The molecular weight excluding hydrogens is 781 g/mol. The summed E-state index contributed by atoms with van der Waals surface area (Å²) in [5.74, 6) is -0.847. The number of benzene rings is 7. The second-order valence-corrected chi connectivity index (χ2v) is 17.4. The Hall–Kier alpha value is -7.89. The van der Waals surface area contributed by atoms with Crippen molar-refractivity contribution in [2.75, 3.05) is 10.6 Å². The Morgan fingerprint density at radius 3 is 1.62 bits per heavy atom. The van der Waals surface area contributed by atoms with Crippen LogP contribution < -0.4 is 10.6 Å². The van der Waals surface area contributed by atoms with E-state index in [9.17, 15) is 18.0 Å². The Morgan fingerprint density at radius 1 is 0.508 bits per heavy atom. The first-order valence-electron chi connectivity index (χ1n) is 19.8. The molecule has 3 aliphatic carbocycles. The maximum Gasteiger partial charge on any atom is 0.255 e. The van der Waals surface area contributed by atoms with Gasteiger partial charge in [0.25, 0.3) is 11.8 Å². The van der Waals surface area contributed by atoms with Gasteiger partial charge in [-0.15, -0.1) is 0 Å². The molecule has 0 aliphatic heterocycles. The molecule has 0 radical (unpaired) electrons. The molecule has 2 N–H and O–H groups in total. The van der Waals surface area contributed by atoms with Crippen molar-refractivity contribution in [3.63, 3.8) is 0 Å². The summed E-state index contributed by atoms with van der Waals surface area (Å²) in [7, 11) is -4.07. The number of anilines is 2. The number of rotatable bonds is 6. The number of nitrogens with zero attached hydrogens (tertiary/aromatic N) is 4. The van der Waals surface area contributed by atoms with Crippen LogP contribution in [0.3, 0.4) is 0 Å². The van der Waals surface area contributed by atoms with E-state index >= 15 is 0 Å². The lowest BCUT2D eigenvalue weighted by molar-refractivity contribution is 0.101. The minimum Gasteiger partial charge on any atom is -0.322 e. The zero-order valence-electron chi connectivity index (χ0n) is 32.1. The van der Waals surface area contributed by atoms with E-state index in [0.717, 1.165) is 68.7 Å². The Bertz CT molecular complexity index is 3610. The van der Waals surface area contributed by atoms with Crippen LogP contribution in [0.2, 0.25) is 0 Å². The van der Waals surface area contributed by atoms with Gasteiger partial charge in [0.1, 0.15) is 0 Å². The third-order valence-corrected chi connectivity index (χ3v) is 13.5. The number of nitrogens with one attached hydrogen (secondary N) is 2. The summed E-state index contributed by atoms with van der Waals surface area (Å²) in [5, 5.41) is 7.93. The number of hydrogen-bond donors (Lipinski definition) is 2. The van der Waals surface area contributed by atoms with Crippen molar-refractivity contribution in [2.24, 2.45) is 0 Å². The predicted molar refractivity (Wildman–Crippen MR) is 236 cm³/mol. The fourth-order valence-electron chi connectivity index (χ4n) is 8.92. The summed E-state index contributed by atoms with van der Waals surface area (Å²) in [5.41, 5.74) is 13.8. The molecule has 290 valence electrons. The van der Waals surface area contributed by atoms with Crippen molar-refractivity contribution in [3.8, 4) is 33.8 Å². The van der Waals surface area contributed by atoms with Crippen molar-refractivity contribution in [3.05, 3.63) is 174 Å². The summed E-state index contributed by atoms with van der Waals surface area (Å²) >= 11 is 0. The smallest absolute Gasteiger partial charge is 0.255 e. The lowest BCUT2D eigenvalue weighted by Gasteiger charge is -2.13. The van der Waals surface area contributed by atoms with Crippen LogP contribution in [0.4, 0.5) is 11.4 Å². The van der Waals surface area contributed by atoms with Gasteiger partial charge in [0.05, 0.1) is 54.6 Å². The molecule has 2 amide bonds. The van der Waals surface area contributed by atoms with Gasteiger partial charge in [-0.1, -0.05) is 72.8 Å². The molecule has 11 heteroatoms. The molecule has 12 rings (SSSR count). The monoisotopic (exact) mass is 810 g/mol. The van der Waals surface area contributed by atoms with Gasteiger partial charge in [-0.05, 0) is 102 Å². The van der Waals surface area contributed by atoms with Crippen LogP contribution in [0.25, 0.3) is 72.2 Å². The Kier molecular flexibility index (Phi) is 7.51. The predicted octanol–water partition coefficient (Wildman–Crippen LogP) is 10.1. The highest BCUT2D eigenvalue weighted by Crippen LogP contribution is 2.47. The lowest BCUT2D eigenvalue weighted by Crippen LogP contribution is -2.13. The Balaban J connectivity index is 0.776. The topological polar surface area (TPSA) is 144 Å². The fourth-order valence-corrected chi connectivity index (χ4v) is 10.3. The van der Waals surface area contributed by atoms with Crippen LogP contribution in [-0.2, 0) is 16.3 Å². The van der Waals surface area contributed by atoms with Gasteiger partial charge < -0.3 is 10.6 Å². The molecule has 61 heavy (non-hydrogen) atoms. The molecule has 3 aliphatic rings. The number of fused-ring (bicyclic) bond motifs is 8. The van der Waals surface area contributed by atoms with Crippen molar-refractivity contribution < 1.29 is 18.0 Å². The average molecular weight is 811 g/mol. The normalized spacial score (nSPS) is 13.1. The molecule has 7 aromatic carbocycles. The highest BCUT2D eigenvalue weighted by atomic mass is 32.2. The molecular formula is C50H30N6O4S. The van der Waals surface area contributed by atoms with Gasteiger partial charge in [0.2, 0.25) is 9.84 Å². The summed E-state index contributed by atoms with van der Waals surface area (Å²) in [4.78, 5) is 46.9. The Morgan fingerprint density at radius 2 is 1.02 bits per heavy atom. The van der Waals surface area contributed by atoms with Crippen LogP contribution in [-0.4, -0.2) is 40.2 Å². The largest absolute Gasteiger partial charge is 0.322 e. The molecule has 2 heterocycles. The molecule has 0 bridgehead atoms. The van der Waals surface area contributed by atoms with Crippen molar-refractivity contribution in [2.45, 2.75) is 22.6 Å². The molecule has 9 aromatic rings. The summed E-state index contributed by atoms with van der Waals surface area (Å²) in [6.07, 6.45) is 4.13. The van der Waals surface area contributed by atoms with Crippen molar-refractivity contribution in [1.29, 1.82) is 0 Å². The van der Waals surface area contributed by atoms with E-state index in [2.05, 4.69) is 53.1 Å². The lowest BCUT2D eigenvalue weighted by atomic mass is 9.91. The molecule has 0 saturated heterocycles. The maximum absolute atomic E-state index is 14.0. The number of amides is 2. The van der Waals surface area contributed by atoms with Crippen LogP contribution in [0.15, 0.2) is 155 Å². The molecule has 0 fully saturated rings. The zero-order valence-corrected chi connectivity index (χ0v) is 32.9. The number of allylic oxidation sites excluding steroid dienone is 1. The van der Waals surface area contributed by atoms with Gasteiger partial charge in [-0.3, -0.25) is 9.59 Å². The summed E-state index contributed by atoms with van der Waals surface area (Å²) in [6, 6.07) is 41.1.